The van der Waals surface area contributed by atoms with Crippen molar-refractivity contribution in [3.05, 3.63) is 12.7 Å². The molecule has 204 valence electrons. The molecule has 2 saturated heterocycles. The third-order valence-corrected chi connectivity index (χ3v) is 7.90. The molecule has 0 aromatic carbocycles. The lowest BCUT2D eigenvalue weighted by molar-refractivity contribution is -0.0507. The molecule has 4 heterocycles. The molecule has 0 bridgehead atoms. The van der Waals surface area contributed by atoms with Gasteiger partial charge in [-0.15, -0.1) is 0 Å². The molecule has 2 aliphatic rings. The molecule has 0 spiro atoms. The van der Waals surface area contributed by atoms with E-state index >= 15 is 0 Å². The van der Waals surface area contributed by atoms with Crippen molar-refractivity contribution >= 4 is 24.7 Å². The van der Waals surface area contributed by atoms with Gasteiger partial charge in [0.25, 0.3) is 0 Å². The Hall–Kier alpha value is -1.74. The van der Waals surface area contributed by atoms with Crippen molar-refractivity contribution in [2.75, 3.05) is 64.9 Å². The Labute approximate surface area is 210 Å². The number of hydrogen-bond acceptors (Lipinski definition) is 11. The van der Waals surface area contributed by atoms with E-state index in [1.807, 2.05) is 0 Å². The molecule has 5 atom stereocenters. The van der Waals surface area contributed by atoms with Crippen LogP contribution in [0.25, 0.3) is 11.2 Å². The van der Waals surface area contributed by atoms with Crippen molar-refractivity contribution in [3.8, 4) is 0 Å². The van der Waals surface area contributed by atoms with E-state index in [9.17, 15) is 19.7 Å². The molecule has 1 unspecified atom stereocenters. The summed E-state index contributed by atoms with van der Waals surface area (Å²) in [4.78, 5) is 25.0. The molecule has 2 aromatic rings. The minimum Gasteiger partial charge on any atom is -0.387 e. The van der Waals surface area contributed by atoms with Crippen molar-refractivity contribution in [2.45, 2.75) is 45.3 Å². The van der Waals surface area contributed by atoms with Gasteiger partial charge in [-0.1, -0.05) is 20.8 Å². The van der Waals surface area contributed by atoms with Crippen LogP contribution in [0.15, 0.2) is 12.7 Å². The van der Waals surface area contributed by atoms with Gasteiger partial charge in [0.1, 0.15) is 30.2 Å². The van der Waals surface area contributed by atoms with E-state index in [1.165, 1.54) is 41.5 Å². The maximum absolute atomic E-state index is 12.4. The summed E-state index contributed by atoms with van der Waals surface area (Å²) in [5.41, 5.74) is 0.885. The average molecular weight is 532 g/mol. The highest BCUT2D eigenvalue weighted by Crippen LogP contribution is 2.47. The largest absolute Gasteiger partial charge is 0.405 e. The van der Waals surface area contributed by atoms with Crippen LogP contribution in [-0.2, 0) is 18.6 Å². The molecule has 14 nitrogen and oxygen atoms in total. The third-order valence-electron chi connectivity index (χ3n) is 6.30. The zero-order chi connectivity index (χ0) is 26.3. The Morgan fingerprint density at radius 3 is 2.39 bits per heavy atom. The summed E-state index contributed by atoms with van der Waals surface area (Å²) >= 11 is 0. The molecule has 2 fully saturated rings. The minimum absolute atomic E-state index is 0.266. The van der Waals surface area contributed by atoms with Gasteiger partial charge in [0.2, 0.25) is 0 Å². The van der Waals surface area contributed by atoms with E-state index in [0.717, 1.165) is 0 Å². The van der Waals surface area contributed by atoms with Crippen LogP contribution in [0.5, 0.6) is 0 Å². The predicted octanol–water partition coefficient (Wildman–Crippen LogP) is 0.285. The van der Waals surface area contributed by atoms with Gasteiger partial charge in [0, 0.05) is 20.1 Å². The number of rotatable bonds is 9. The van der Waals surface area contributed by atoms with E-state index < -0.39 is 32.3 Å². The van der Waals surface area contributed by atoms with Crippen molar-refractivity contribution in [3.63, 3.8) is 0 Å². The molecular formula is C21H38N7O7P. The Balaban J connectivity index is 0.000000454. The fraction of sp³-hybridized carbons (Fsp3) is 0.762. The first-order valence-electron chi connectivity index (χ1n) is 12.2. The molecule has 15 heteroatoms. The van der Waals surface area contributed by atoms with Crippen LogP contribution in [0.4, 0.5) is 5.82 Å². The van der Waals surface area contributed by atoms with Gasteiger partial charge in [0.15, 0.2) is 17.7 Å². The van der Waals surface area contributed by atoms with E-state index in [-0.39, 0.29) is 19.7 Å². The zero-order valence-corrected chi connectivity index (χ0v) is 22.1. The maximum atomic E-state index is 12.4. The van der Waals surface area contributed by atoms with Crippen LogP contribution < -0.4 is 5.32 Å². The van der Waals surface area contributed by atoms with Crippen LogP contribution >= 0.6 is 7.75 Å². The maximum Gasteiger partial charge on any atom is 0.405 e. The molecule has 36 heavy (non-hydrogen) atoms. The highest BCUT2D eigenvalue weighted by Gasteiger charge is 2.45. The SMILES string of the molecule is CCN(CC)CC.CNc1ncnc2c1ncn2[C@@H]1O[C@H](COP(=O)(O)N2CCOCC2)[C@@H](O)[C@H]1O. The number of morpholine rings is 1. The van der Waals surface area contributed by atoms with Crippen molar-refractivity contribution < 1.29 is 33.7 Å². The van der Waals surface area contributed by atoms with Gasteiger partial charge < -0.3 is 34.8 Å². The summed E-state index contributed by atoms with van der Waals surface area (Å²) < 4.78 is 31.3. The standard InChI is InChI=1S/C15H23N6O7P.C6H15N/c1-16-13-10-14(18-7-17-13)21(8-19-10)15-12(23)11(22)9(28-15)6-27-29(24,25)20-2-4-26-5-3-20;1-4-7(5-2)6-3/h7-9,11-12,15,22-23H,2-6H2,1H3,(H,24,25)(H,16,17,18);4-6H2,1-3H3/t9-,11-,12-,15-;/m1./s1. The van der Waals surface area contributed by atoms with Gasteiger partial charge in [0.05, 0.1) is 26.1 Å². The zero-order valence-electron chi connectivity index (χ0n) is 21.2. The first kappa shape index (κ1) is 28.8. The van der Waals surface area contributed by atoms with Gasteiger partial charge in [-0.05, 0) is 19.6 Å². The second-order valence-corrected chi connectivity index (χ2v) is 10.1. The number of aromatic nitrogens is 4. The van der Waals surface area contributed by atoms with Gasteiger partial charge in [-0.25, -0.2) is 24.2 Å². The molecule has 0 aliphatic carbocycles. The first-order valence-corrected chi connectivity index (χ1v) is 13.7. The molecular weight excluding hydrogens is 493 g/mol. The Morgan fingerprint density at radius 1 is 1.14 bits per heavy atom. The predicted molar refractivity (Wildman–Crippen MR) is 132 cm³/mol. The smallest absolute Gasteiger partial charge is 0.387 e. The first-order chi connectivity index (χ1) is 17.3. The molecule has 0 amide bonds. The molecule has 0 radical (unpaired) electrons. The summed E-state index contributed by atoms with van der Waals surface area (Å²) in [5.74, 6) is 0.508. The summed E-state index contributed by atoms with van der Waals surface area (Å²) in [6, 6.07) is 0. The van der Waals surface area contributed by atoms with Crippen LogP contribution in [-0.4, -0.2) is 122 Å². The van der Waals surface area contributed by atoms with E-state index in [0.29, 0.717) is 30.2 Å². The summed E-state index contributed by atoms with van der Waals surface area (Å²) in [7, 11) is -2.37. The summed E-state index contributed by atoms with van der Waals surface area (Å²) in [6.45, 7) is 11.0. The third kappa shape index (κ3) is 6.57. The lowest BCUT2D eigenvalue weighted by Crippen LogP contribution is -2.36. The molecule has 0 saturated carbocycles. The minimum atomic E-state index is -4.06. The fourth-order valence-electron chi connectivity index (χ4n) is 4.05. The van der Waals surface area contributed by atoms with Crippen molar-refractivity contribution in [1.29, 1.82) is 0 Å². The van der Waals surface area contributed by atoms with Crippen LogP contribution in [0.2, 0.25) is 0 Å². The van der Waals surface area contributed by atoms with E-state index in [1.54, 1.807) is 7.05 Å². The monoisotopic (exact) mass is 531 g/mol. The number of hydrogen-bond donors (Lipinski definition) is 4. The number of anilines is 1. The van der Waals surface area contributed by atoms with Gasteiger partial charge in [-0.2, -0.15) is 0 Å². The van der Waals surface area contributed by atoms with Gasteiger partial charge >= 0.3 is 7.75 Å². The molecule has 4 N–H and O–H groups in total. The number of imidazole rings is 1. The number of nitrogens with zero attached hydrogens (tertiary/aromatic N) is 6. The van der Waals surface area contributed by atoms with Crippen LogP contribution in [0.3, 0.4) is 0 Å². The quantitative estimate of drug-likeness (QED) is 0.326. The lowest BCUT2D eigenvalue weighted by Gasteiger charge is -2.30. The number of fused-ring (bicyclic) bond motifs is 1. The highest BCUT2D eigenvalue weighted by atomic mass is 31.2. The van der Waals surface area contributed by atoms with Crippen molar-refractivity contribution in [2.24, 2.45) is 0 Å². The second kappa shape index (κ2) is 13.2. The number of aliphatic hydroxyl groups excluding tert-OH is 2. The van der Waals surface area contributed by atoms with Crippen LogP contribution in [0, 0.1) is 0 Å². The molecule has 2 aromatic heterocycles. The van der Waals surface area contributed by atoms with Crippen LogP contribution in [0.1, 0.15) is 27.0 Å². The molecule has 4 rings (SSSR count). The Kier molecular flexibility index (Phi) is 10.5. The average Bonchev–Trinajstić information content (AvgIpc) is 3.45. The lowest BCUT2D eigenvalue weighted by atomic mass is 10.1. The Morgan fingerprint density at radius 2 is 1.81 bits per heavy atom. The summed E-state index contributed by atoms with van der Waals surface area (Å²) in [5, 5.41) is 23.7. The molecule has 2 aliphatic heterocycles. The van der Waals surface area contributed by atoms with E-state index in [2.05, 4.69) is 45.9 Å². The highest BCUT2D eigenvalue weighted by molar-refractivity contribution is 7.50. The van der Waals surface area contributed by atoms with Gasteiger partial charge in [-0.3, -0.25) is 9.09 Å². The topological polar surface area (TPSA) is 168 Å². The normalized spacial score (nSPS) is 26.6. The second-order valence-electron chi connectivity index (χ2n) is 8.31. The van der Waals surface area contributed by atoms with E-state index in [4.69, 9.17) is 14.0 Å². The fourth-order valence-corrected chi connectivity index (χ4v) is 5.22. The Bertz CT molecular complexity index is 997. The van der Waals surface area contributed by atoms with Crippen molar-refractivity contribution in [1.82, 2.24) is 29.1 Å². The number of nitrogens with one attached hydrogen (secondary N) is 1. The summed E-state index contributed by atoms with van der Waals surface area (Å²) in [6.07, 6.45) is -1.88. The number of aliphatic hydroxyl groups is 2. The number of ether oxygens (including phenoxy) is 2.